The first-order valence-corrected chi connectivity index (χ1v) is 7.78. The molecule has 0 radical (unpaired) electrons. The van der Waals surface area contributed by atoms with Crippen LogP contribution in [0, 0.1) is 0 Å². The van der Waals surface area contributed by atoms with Gasteiger partial charge in [0.1, 0.15) is 5.75 Å². The molecular weight excluding hydrogens is 290 g/mol. The van der Waals surface area contributed by atoms with Crippen molar-refractivity contribution >= 4 is 16.2 Å². The van der Waals surface area contributed by atoms with Crippen LogP contribution >= 0.6 is 0 Å². The second-order valence-corrected chi connectivity index (χ2v) is 5.70. The first kappa shape index (κ1) is 15.0. The summed E-state index contributed by atoms with van der Waals surface area (Å²) in [6.45, 7) is 2.39. The van der Waals surface area contributed by atoms with E-state index >= 15 is 0 Å². The molecule has 1 aromatic carbocycles. The van der Waals surface area contributed by atoms with Gasteiger partial charge in [-0.25, -0.2) is 4.83 Å². The Balaban J connectivity index is 2.06. The highest BCUT2D eigenvalue weighted by molar-refractivity contribution is 7.89. The van der Waals surface area contributed by atoms with Gasteiger partial charge in [0.15, 0.2) is 0 Å². The van der Waals surface area contributed by atoms with E-state index in [-0.39, 0.29) is 4.90 Å². The van der Waals surface area contributed by atoms with Gasteiger partial charge in [0.05, 0.1) is 17.7 Å². The molecule has 7 heteroatoms. The Bertz CT molecular complexity index is 698. The molecule has 0 aliphatic rings. The second kappa shape index (κ2) is 6.85. The number of nitrogens with one attached hydrogen (secondary N) is 1. The highest BCUT2D eigenvalue weighted by atomic mass is 32.2. The molecule has 0 amide bonds. The zero-order valence-corrected chi connectivity index (χ0v) is 12.2. The fraction of sp³-hybridized carbons (Fsp3) is 0.143. The predicted molar refractivity (Wildman–Crippen MR) is 79.8 cm³/mol. The molecule has 2 aromatic rings. The highest BCUT2D eigenvalue weighted by Crippen LogP contribution is 2.15. The van der Waals surface area contributed by atoms with Gasteiger partial charge in [-0.2, -0.15) is 13.5 Å². The van der Waals surface area contributed by atoms with Crippen molar-refractivity contribution in [1.82, 2.24) is 9.82 Å². The van der Waals surface area contributed by atoms with Gasteiger partial charge in [-0.15, -0.1) is 0 Å². The topological polar surface area (TPSA) is 80.7 Å². The van der Waals surface area contributed by atoms with Crippen molar-refractivity contribution < 1.29 is 13.2 Å². The molecule has 0 spiro atoms. The highest BCUT2D eigenvalue weighted by Gasteiger charge is 2.12. The van der Waals surface area contributed by atoms with E-state index in [0.29, 0.717) is 12.4 Å². The maximum absolute atomic E-state index is 12.0. The van der Waals surface area contributed by atoms with E-state index < -0.39 is 10.0 Å². The average molecular weight is 305 g/mol. The molecule has 0 unspecified atom stereocenters. The molecule has 21 heavy (non-hydrogen) atoms. The molecule has 1 N–H and O–H groups in total. The number of aromatic nitrogens is 1. The first-order chi connectivity index (χ1) is 10.1. The van der Waals surface area contributed by atoms with E-state index in [1.54, 1.807) is 36.7 Å². The molecule has 6 nitrogen and oxygen atoms in total. The Kier molecular flexibility index (Phi) is 4.89. The van der Waals surface area contributed by atoms with Crippen LogP contribution in [0.3, 0.4) is 0 Å². The monoisotopic (exact) mass is 305 g/mol. The summed E-state index contributed by atoms with van der Waals surface area (Å²) < 4.78 is 29.3. The predicted octanol–water partition coefficient (Wildman–Crippen LogP) is 1.79. The van der Waals surface area contributed by atoms with Crippen LogP contribution in [0.5, 0.6) is 5.75 Å². The summed E-state index contributed by atoms with van der Waals surface area (Å²) in [7, 11) is -3.68. The van der Waals surface area contributed by atoms with E-state index in [2.05, 4.69) is 14.9 Å². The molecule has 110 valence electrons. The van der Waals surface area contributed by atoms with E-state index in [1.165, 1.54) is 18.3 Å². The minimum absolute atomic E-state index is 0.123. The zero-order valence-electron chi connectivity index (χ0n) is 11.4. The van der Waals surface area contributed by atoms with Gasteiger partial charge in [-0.3, -0.25) is 4.98 Å². The summed E-state index contributed by atoms with van der Waals surface area (Å²) in [6.07, 6.45) is 4.61. The third kappa shape index (κ3) is 4.28. The Morgan fingerprint density at radius 1 is 1.19 bits per heavy atom. The lowest BCUT2D eigenvalue weighted by Crippen LogP contribution is -2.18. The van der Waals surface area contributed by atoms with E-state index in [1.807, 2.05) is 6.92 Å². The maximum atomic E-state index is 12.0. The van der Waals surface area contributed by atoms with E-state index in [4.69, 9.17) is 4.74 Å². The van der Waals surface area contributed by atoms with Crippen molar-refractivity contribution in [2.45, 2.75) is 11.8 Å². The van der Waals surface area contributed by atoms with Crippen LogP contribution in [0.4, 0.5) is 0 Å². The fourth-order valence-corrected chi connectivity index (χ4v) is 2.35. The fourth-order valence-electron chi connectivity index (χ4n) is 1.55. The Morgan fingerprint density at radius 3 is 2.48 bits per heavy atom. The summed E-state index contributed by atoms with van der Waals surface area (Å²) in [5, 5.41) is 3.73. The quantitative estimate of drug-likeness (QED) is 0.652. The van der Waals surface area contributed by atoms with Crippen molar-refractivity contribution in [1.29, 1.82) is 0 Å². The minimum Gasteiger partial charge on any atom is -0.494 e. The average Bonchev–Trinajstić information content (AvgIpc) is 2.49. The number of hydrogen-bond donors (Lipinski definition) is 1. The molecule has 0 atom stereocenters. The zero-order chi connectivity index (χ0) is 15.1. The second-order valence-electron chi connectivity index (χ2n) is 4.04. The Hall–Kier alpha value is -2.41. The lowest BCUT2D eigenvalue weighted by molar-refractivity contribution is 0.340. The Morgan fingerprint density at radius 2 is 1.86 bits per heavy atom. The van der Waals surface area contributed by atoms with Gasteiger partial charge in [-0.05, 0) is 48.9 Å². The van der Waals surface area contributed by atoms with Crippen LogP contribution in [0.1, 0.15) is 12.5 Å². The first-order valence-electron chi connectivity index (χ1n) is 6.29. The lowest BCUT2D eigenvalue weighted by atomic mass is 10.3. The molecular formula is C14H15N3O3S. The molecule has 0 bridgehead atoms. The summed E-state index contributed by atoms with van der Waals surface area (Å²) in [5.41, 5.74) is 0.749. The van der Waals surface area contributed by atoms with Crippen molar-refractivity contribution in [2.24, 2.45) is 5.10 Å². The van der Waals surface area contributed by atoms with Crippen LogP contribution < -0.4 is 9.57 Å². The van der Waals surface area contributed by atoms with Gasteiger partial charge in [0.25, 0.3) is 10.0 Å². The Labute approximate surface area is 123 Å². The van der Waals surface area contributed by atoms with Gasteiger partial charge in [0.2, 0.25) is 0 Å². The summed E-state index contributed by atoms with van der Waals surface area (Å²) in [4.78, 5) is 6.14. The standard InChI is InChI=1S/C14H15N3O3S/c1-2-20-13-3-5-14(6-4-13)21(18,19)17-16-11-12-7-9-15-10-8-12/h3-11,17H,2H2,1H3/b16-11+. The van der Waals surface area contributed by atoms with Crippen LogP contribution in [-0.2, 0) is 10.0 Å². The number of rotatable bonds is 6. The number of hydrogen-bond acceptors (Lipinski definition) is 5. The van der Waals surface area contributed by atoms with Crippen LogP contribution in [0.2, 0.25) is 0 Å². The normalized spacial score (nSPS) is 11.5. The van der Waals surface area contributed by atoms with Crippen LogP contribution in [0.25, 0.3) is 0 Å². The minimum atomic E-state index is -3.68. The number of nitrogens with zero attached hydrogens (tertiary/aromatic N) is 2. The third-order valence-electron chi connectivity index (χ3n) is 2.54. The maximum Gasteiger partial charge on any atom is 0.276 e. The van der Waals surface area contributed by atoms with Crippen molar-refractivity contribution in [3.63, 3.8) is 0 Å². The van der Waals surface area contributed by atoms with Gasteiger partial charge < -0.3 is 4.74 Å². The molecule has 0 saturated carbocycles. The lowest BCUT2D eigenvalue weighted by Gasteiger charge is -2.05. The SMILES string of the molecule is CCOc1ccc(S(=O)(=O)N/N=C/c2ccncc2)cc1. The van der Waals surface area contributed by atoms with Crippen molar-refractivity contribution in [3.8, 4) is 5.75 Å². The van der Waals surface area contributed by atoms with E-state index in [0.717, 1.165) is 5.56 Å². The third-order valence-corrected chi connectivity index (χ3v) is 3.78. The van der Waals surface area contributed by atoms with Gasteiger partial charge in [-0.1, -0.05) is 0 Å². The molecule has 1 heterocycles. The molecule has 0 aliphatic carbocycles. The number of sulfonamides is 1. The summed E-state index contributed by atoms with van der Waals surface area (Å²) >= 11 is 0. The number of ether oxygens (including phenoxy) is 1. The number of hydrazone groups is 1. The molecule has 0 fully saturated rings. The molecule has 0 aliphatic heterocycles. The summed E-state index contributed by atoms with van der Waals surface area (Å²) in [5.74, 6) is 0.622. The van der Waals surface area contributed by atoms with E-state index in [9.17, 15) is 8.42 Å². The van der Waals surface area contributed by atoms with Crippen molar-refractivity contribution in [3.05, 3.63) is 54.4 Å². The number of pyridine rings is 1. The summed E-state index contributed by atoms with van der Waals surface area (Å²) in [6, 6.07) is 9.57. The molecule has 1 aromatic heterocycles. The molecule has 2 rings (SSSR count). The largest absolute Gasteiger partial charge is 0.494 e. The molecule has 0 saturated heterocycles. The van der Waals surface area contributed by atoms with Gasteiger partial charge in [0, 0.05) is 12.4 Å². The smallest absolute Gasteiger partial charge is 0.276 e. The van der Waals surface area contributed by atoms with Crippen molar-refractivity contribution in [2.75, 3.05) is 6.61 Å². The number of benzene rings is 1. The van der Waals surface area contributed by atoms with Crippen LogP contribution in [-0.4, -0.2) is 26.2 Å². The van der Waals surface area contributed by atoms with Gasteiger partial charge >= 0.3 is 0 Å². The van der Waals surface area contributed by atoms with Crippen LogP contribution in [0.15, 0.2) is 58.8 Å².